The summed E-state index contributed by atoms with van der Waals surface area (Å²) in [6.45, 7) is 5.54. The molecular weight excluding hydrogens is 553 g/mol. The molecule has 3 aromatic heterocycles. The van der Waals surface area contributed by atoms with Crippen molar-refractivity contribution in [2.75, 3.05) is 23.5 Å². The van der Waals surface area contributed by atoms with Gasteiger partial charge >= 0.3 is 0 Å². The number of amides is 1. The molecule has 200 valence electrons. The predicted octanol–water partition coefficient (Wildman–Crippen LogP) is 4.86. The van der Waals surface area contributed by atoms with E-state index in [0.29, 0.717) is 47.2 Å². The quantitative estimate of drug-likeness (QED) is 0.394. The van der Waals surface area contributed by atoms with E-state index in [9.17, 15) is 13.2 Å². The van der Waals surface area contributed by atoms with Gasteiger partial charge in [0.15, 0.2) is 20.6 Å². The molecule has 4 heterocycles. The van der Waals surface area contributed by atoms with Crippen molar-refractivity contribution in [1.82, 2.24) is 15.0 Å². The molecule has 2 N–H and O–H groups in total. The first-order valence-corrected chi connectivity index (χ1v) is 14.3. The van der Waals surface area contributed by atoms with Gasteiger partial charge in [0.05, 0.1) is 11.4 Å². The van der Waals surface area contributed by atoms with Crippen LogP contribution in [0.5, 0.6) is 11.6 Å². The summed E-state index contributed by atoms with van der Waals surface area (Å²) in [5.74, 6) is 0.859. The van der Waals surface area contributed by atoms with E-state index in [-0.39, 0.29) is 28.5 Å². The minimum atomic E-state index is -3.64. The highest BCUT2D eigenvalue weighted by molar-refractivity contribution is 7.90. The Morgan fingerprint density at radius 3 is 2.53 bits per heavy atom. The molecule has 1 atom stereocenters. The van der Waals surface area contributed by atoms with E-state index in [1.807, 2.05) is 13.8 Å². The maximum Gasteiger partial charge on any atom is 0.257 e. The number of pyridine rings is 3. The lowest BCUT2D eigenvalue weighted by Gasteiger charge is -2.31. The van der Waals surface area contributed by atoms with Crippen molar-refractivity contribution in [1.29, 1.82) is 0 Å². The summed E-state index contributed by atoms with van der Waals surface area (Å²) in [6.07, 6.45) is 3.12. The van der Waals surface area contributed by atoms with Crippen molar-refractivity contribution in [3.05, 3.63) is 42.1 Å². The molecule has 1 amide bonds. The second-order valence-electron chi connectivity index (χ2n) is 9.99. The highest BCUT2D eigenvalue weighted by atomic mass is 35.5. The molecule has 0 spiro atoms. The standard InChI is InChI=1S/C25H25Cl2N5O5S/c1-13(33)29-20-9-18(15(11-28-20)17-5-6-19-23(31-17)36-12-24(2,3)37-19)30-21-7-14(16-10-25(16,26)27)8-22(32-21)38(4,34)35/h5-9,11,16H,10,12H2,1-4H3,(H2,28,29,30,32,33). The van der Waals surface area contributed by atoms with Crippen LogP contribution in [-0.4, -0.2) is 52.1 Å². The van der Waals surface area contributed by atoms with E-state index in [1.54, 1.807) is 30.5 Å². The molecule has 0 radical (unpaired) electrons. The van der Waals surface area contributed by atoms with Crippen LogP contribution in [0.1, 0.15) is 38.7 Å². The van der Waals surface area contributed by atoms with E-state index in [1.165, 1.54) is 13.0 Å². The van der Waals surface area contributed by atoms with Gasteiger partial charge in [-0.2, -0.15) is 0 Å². The fraction of sp³-hybridized carbons (Fsp3) is 0.360. The van der Waals surface area contributed by atoms with Crippen LogP contribution in [0.25, 0.3) is 11.3 Å². The molecule has 1 aliphatic carbocycles. The minimum absolute atomic E-state index is 0.119. The molecule has 13 heteroatoms. The van der Waals surface area contributed by atoms with E-state index < -0.39 is 19.8 Å². The molecule has 10 nitrogen and oxygen atoms in total. The summed E-state index contributed by atoms with van der Waals surface area (Å²) in [6, 6.07) is 8.32. The van der Waals surface area contributed by atoms with Crippen molar-refractivity contribution in [3.63, 3.8) is 0 Å². The normalized spacial score (nSPS) is 18.9. The zero-order valence-electron chi connectivity index (χ0n) is 21.0. The lowest BCUT2D eigenvalue weighted by molar-refractivity contribution is -0.114. The third-order valence-corrected chi connectivity index (χ3v) is 7.75. The summed E-state index contributed by atoms with van der Waals surface area (Å²) in [7, 11) is -3.64. The third-order valence-electron chi connectivity index (χ3n) is 5.95. The van der Waals surface area contributed by atoms with Crippen LogP contribution in [0.15, 0.2) is 41.6 Å². The molecule has 3 aromatic rings. The van der Waals surface area contributed by atoms with Gasteiger partial charge in [-0.25, -0.2) is 23.4 Å². The summed E-state index contributed by atoms with van der Waals surface area (Å²) < 4.78 is 35.6. The van der Waals surface area contributed by atoms with E-state index in [0.717, 1.165) is 6.26 Å². The summed E-state index contributed by atoms with van der Waals surface area (Å²) in [5, 5.41) is 5.70. The number of rotatable bonds is 6. The maximum absolute atomic E-state index is 12.4. The molecule has 5 rings (SSSR count). The first-order chi connectivity index (χ1) is 17.7. The number of halogens is 2. The lowest BCUT2D eigenvalue weighted by Crippen LogP contribution is -2.39. The molecule has 0 bridgehead atoms. The molecule has 1 fully saturated rings. The van der Waals surface area contributed by atoms with E-state index >= 15 is 0 Å². The van der Waals surface area contributed by atoms with Gasteiger partial charge in [0.2, 0.25) is 5.91 Å². The van der Waals surface area contributed by atoms with Gasteiger partial charge in [-0.05, 0) is 50.1 Å². The number of carbonyl (C=O) groups excluding carboxylic acids is 1. The number of alkyl halides is 2. The Hall–Kier alpha value is -3.15. The lowest BCUT2D eigenvalue weighted by atomic mass is 10.1. The fourth-order valence-corrected chi connectivity index (χ4v) is 5.21. The number of hydrogen-bond donors (Lipinski definition) is 2. The largest absolute Gasteiger partial charge is 0.479 e. The molecule has 2 aliphatic rings. The second kappa shape index (κ2) is 9.25. The van der Waals surface area contributed by atoms with Crippen LogP contribution in [0.4, 0.5) is 17.3 Å². The number of hydrogen-bond acceptors (Lipinski definition) is 9. The van der Waals surface area contributed by atoms with Gasteiger partial charge in [-0.3, -0.25) is 4.79 Å². The molecule has 0 aromatic carbocycles. The van der Waals surface area contributed by atoms with Crippen LogP contribution < -0.4 is 20.1 Å². The van der Waals surface area contributed by atoms with Crippen molar-refractivity contribution in [3.8, 4) is 22.9 Å². The SMILES string of the molecule is CC(=O)Nc1cc(Nc2cc(C3CC3(Cl)Cl)cc(S(C)(=O)=O)n2)c(-c2ccc3c(n2)OCC(C)(C)O3)cn1. The van der Waals surface area contributed by atoms with E-state index in [4.69, 9.17) is 32.7 Å². The van der Waals surface area contributed by atoms with Crippen molar-refractivity contribution < 1.29 is 22.7 Å². The number of nitrogens with one attached hydrogen (secondary N) is 2. The summed E-state index contributed by atoms with van der Waals surface area (Å²) in [4.78, 5) is 24.9. The molecule has 0 saturated heterocycles. The number of anilines is 3. The zero-order valence-corrected chi connectivity index (χ0v) is 23.3. The van der Waals surface area contributed by atoms with Crippen molar-refractivity contribution in [2.24, 2.45) is 0 Å². The van der Waals surface area contributed by atoms with Crippen LogP contribution in [0.2, 0.25) is 0 Å². The Balaban J connectivity index is 1.58. The summed E-state index contributed by atoms with van der Waals surface area (Å²) in [5.41, 5.74) is 1.70. The Morgan fingerprint density at radius 2 is 1.87 bits per heavy atom. The number of ether oxygens (including phenoxy) is 2. The third kappa shape index (κ3) is 5.64. The molecule has 1 unspecified atom stereocenters. The highest BCUT2D eigenvalue weighted by Crippen LogP contribution is 2.59. The van der Waals surface area contributed by atoms with Crippen LogP contribution in [0, 0.1) is 0 Å². The zero-order chi connectivity index (χ0) is 27.5. The maximum atomic E-state index is 12.4. The highest BCUT2D eigenvalue weighted by Gasteiger charge is 2.52. The molecule has 38 heavy (non-hydrogen) atoms. The minimum Gasteiger partial charge on any atom is -0.479 e. The number of aromatic nitrogens is 3. The fourth-order valence-electron chi connectivity index (χ4n) is 4.03. The van der Waals surface area contributed by atoms with Crippen LogP contribution in [0.3, 0.4) is 0 Å². The average Bonchev–Trinajstić information content (AvgIpc) is 3.45. The van der Waals surface area contributed by atoms with Crippen molar-refractivity contribution >= 4 is 56.3 Å². The summed E-state index contributed by atoms with van der Waals surface area (Å²) >= 11 is 12.5. The smallest absolute Gasteiger partial charge is 0.257 e. The molecule has 1 saturated carbocycles. The Labute approximate surface area is 230 Å². The Bertz CT molecular complexity index is 1560. The van der Waals surface area contributed by atoms with Crippen molar-refractivity contribution in [2.45, 2.75) is 48.1 Å². The number of fused-ring (bicyclic) bond motifs is 1. The van der Waals surface area contributed by atoms with Gasteiger partial charge in [-0.15, -0.1) is 23.2 Å². The van der Waals surface area contributed by atoms with Gasteiger partial charge in [0, 0.05) is 36.9 Å². The first kappa shape index (κ1) is 26.5. The Kier molecular flexibility index (Phi) is 6.44. The van der Waals surface area contributed by atoms with Gasteiger partial charge in [0.1, 0.15) is 28.2 Å². The van der Waals surface area contributed by atoms with Gasteiger partial charge < -0.3 is 20.1 Å². The number of nitrogens with zero attached hydrogens (tertiary/aromatic N) is 3. The molecular formula is C25H25Cl2N5O5S. The number of carbonyl (C=O) groups is 1. The second-order valence-corrected chi connectivity index (χ2v) is 13.5. The number of sulfone groups is 1. The van der Waals surface area contributed by atoms with Gasteiger partial charge in [0.25, 0.3) is 5.88 Å². The molecule has 1 aliphatic heterocycles. The average molecular weight is 578 g/mol. The Morgan fingerprint density at radius 1 is 1.13 bits per heavy atom. The van der Waals surface area contributed by atoms with Gasteiger partial charge in [-0.1, -0.05) is 0 Å². The van der Waals surface area contributed by atoms with Crippen LogP contribution >= 0.6 is 23.2 Å². The first-order valence-electron chi connectivity index (χ1n) is 11.7. The topological polar surface area (TPSA) is 132 Å². The predicted molar refractivity (Wildman–Crippen MR) is 144 cm³/mol. The van der Waals surface area contributed by atoms with Crippen LogP contribution in [-0.2, 0) is 14.6 Å². The monoisotopic (exact) mass is 577 g/mol. The van der Waals surface area contributed by atoms with E-state index in [2.05, 4.69) is 25.6 Å².